The fourth-order valence-corrected chi connectivity index (χ4v) is 3.93. The van der Waals surface area contributed by atoms with Gasteiger partial charge >= 0.3 is 5.97 Å². The quantitative estimate of drug-likeness (QED) is 0.805. The summed E-state index contributed by atoms with van der Waals surface area (Å²) in [5.74, 6) is -0.512. The summed E-state index contributed by atoms with van der Waals surface area (Å²) in [6.07, 6.45) is 12.5. The van der Waals surface area contributed by atoms with E-state index in [0.717, 1.165) is 24.8 Å². The lowest BCUT2D eigenvalue weighted by atomic mass is 9.67. The van der Waals surface area contributed by atoms with Gasteiger partial charge in [0.15, 0.2) is 5.79 Å². The summed E-state index contributed by atoms with van der Waals surface area (Å²) in [6, 6.07) is 0. The molecule has 1 N–H and O–H groups in total. The molecule has 21 heavy (non-hydrogen) atoms. The van der Waals surface area contributed by atoms with Crippen LogP contribution in [-0.4, -0.2) is 30.1 Å². The highest BCUT2D eigenvalue weighted by Gasteiger charge is 2.45. The van der Waals surface area contributed by atoms with Crippen molar-refractivity contribution in [3.8, 4) is 0 Å². The lowest BCUT2D eigenvalue weighted by Crippen LogP contribution is -2.39. The van der Waals surface area contributed by atoms with Gasteiger partial charge in [0.1, 0.15) is 0 Å². The standard InChI is InChI=1S/C17H18O4/c18-16(19)12-3-4-14-11(9-12)1-2-13-10-17(6-5-15(13)14)20-7-8-21-17/h1-4,9,14-15H,5-8,10H2,(H,18,19). The van der Waals surface area contributed by atoms with Gasteiger partial charge in [0.2, 0.25) is 0 Å². The molecule has 4 nitrogen and oxygen atoms in total. The van der Waals surface area contributed by atoms with Gasteiger partial charge in [-0.15, -0.1) is 0 Å². The van der Waals surface area contributed by atoms with Gasteiger partial charge in [0, 0.05) is 18.8 Å². The molecular formula is C17H18O4. The predicted molar refractivity (Wildman–Crippen MR) is 76.5 cm³/mol. The Morgan fingerprint density at radius 2 is 2.10 bits per heavy atom. The van der Waals surface area contributed by atoms with Crippen LogP contribution in [0.5, 0.6) is 0 Å². The van der Waals surface area contributed by atoms with Crippen molar-refractivity contribution in [2.24, 2.45) is 11.8 Å². The van der Waals surface area contributed by atoms with E-state index in [4.69, 9.17) is 14.6 Å². The number of carbonyl (C=O) groups is 1. The highest BCUT2D eigenvalue weighted by atomic mass is 16.7. The highest BCUT2D eigenvalue weighted by molar-refractivity contribution is 5.91. The molecule has 1 spiro atoms. The molecule has 2 fully saturated rings. The van der Waals surface area contributed by atoms with Crippen LogP contribution in [0.15, 0.2) is 47.1 Å². The molecule has 1 saturated carbocycles. The summed E-state index contributed by atoms with van der Waals surface area (Å²) in [5, 5.41) is 9.11. The third-order valence-corrected chi connectivity index (χ3v) is 4.96. The molecule has 4 heteroatoms. The zero-order valence-corrected chi connectivity index (χ0v) is 11.7. The lowest BCUT2D eigenvalue weighted by Gasteiger charge is -2.42. The zero-order chi connectivity index (χ0) is 14.4. The summed E-state index contributed by atoms with van der Waals surface area (Å²) in [6.45, 7) is 1.38. The third-order valence-electron chi connectivity index (χ3n) is 4.96. The molecule has 0 aromatic carbocycles. The number of fused-ring (bicyclic) bond motifs is 3. The van der Waals surface area contributed by atoms with Gasteiger partial charge in [-0.1, -0.05) is 29.9 Å². The Bertz CT molecular complexity index is 602. The van der Waals surface area contributed by atoms with Crippen molar-refractivity contribution in [3.63, 3.8) is 0 Å². The minimum atomic E-state index is -0.865. The van der Waals surface area contributed by atoms with E-state index in [1.165, 1.54) is 5.57 Å². The third kappa shape index (κ3) is 2.10. The number of ether oxygens (including phenoxy) is 2. The molecule has 0 aromatic heterocycles. The Balaban J connectivity index is 1.63. The van der Waals surface area contributed by atoms with Crippen LogP contribution in [0.4, 0.5) is 0 Å². The van der Waals surface area contributed by atoms with Gasteiger partial charge in [-0.25, -0.2) is 4.79 Å². The molecule has 4 aliphatic rings. The molecule has 110 valence electrons. The summed E-state index contributed by atoms with van der Waals surface area (Å²) in [4.78, 5) is 11.1. The van der Waals surface area contributed by atoms with Crippen molar-refractivity contribution < 1.29 is 19.4 Å². The van der Waals surface area contributed by atoms with E-state index in [0.29, 0.717) is 30.6 Å². The topological polar surface area (TPSA) is 55.8 Å². The fraction of sp³-hybridized carbons (Fsp3) is 0.471. The van der Waals surface area contributed by atoms with Crippen LogP contribution in [0.1, 0.15) is 19.3 Å². The predicted octanol–water partition coefficient (Wildman–Crippen LogP) is 2.59. The normalized spacial score (nSPS) is 32.9. The van der Waals surface area contributed by atoms with Crippen molar-refractivity contribution in [3.05, 3.63) is 47.1 Å². The van der Waals surface area contributed by atoms with Crippen LogP contribution in [0.2, 0.25) is 0 Å². The smallest absolute Gasteiger partial charge is 0.335 e. The monoisotopic (exact) mass is 286 g/mol. The summed E-state index contributed by atoms with van der Waals surface area (Å²) < 4.78 is 11.6. The van der Waals surface area contributed by atoms with Gasteiger partial charge in [-0.05, 0) is 24.0 Å². The Hall–Kier alpha value is -1.65. The number of carboxylic acid groups (broad SMARTS) is 1. The number of hydrogen-bond donors (Lipinski definition) is 1. The first-order chi connectivity index (χ1) is 10.2. The fourth-order valence-electron chi connectivity index (χ4n) is 3.93. The molecule has 1 aliphatic heterocycles. The van der Waals surface area contributed by atoms with Gasteiger partial charge in [0.05, 0.1) is 18.8 Å². The van der Waals surface area contributed by atoms with Crippen LogP contribution >= 0.6 is 0 Å². The molecule has 2 unspecified atom stereocenters. The van der Waals surface area contributed by atoms with Crippen molar-refractivity contribution in [1.82, 2.24) is 0 Å². The van der Waals surface area contributed by atoms with Gasteiger partial charge < -0.3 is 14.6 Å². The second-order valence-corrected chi connectivity index (χ2v) is 6.13. The van der Waals surface area contributed by atoms with Crippen LogP contribution in [0.3, 0.4) is 0 Å². The minimum Gasteiger partial charge on any atom is -0.478 e. The van der Waals surface area contributed by atoms with Crippen LogP contribution < -0.4 is 0 Å². The second-order valence-electron chi connectivity index (χ2n) is 6.13. The van der Waals surface area contributed by atoms with Gasteiger partial charge in [-0.2, -0.15) is 0 Å². The SMILES string of the molecule is O=C(O)C1=CC2=CC=C3CC4(CCC3C2C=C1)OCCO4. The highest BCUT2D eigenvalue weighted by Crippen LogP contribution is 2.48. The summed E-state index contributed by atoms with van der Waals surface area (Å²) >= 11 is 0. The Morgan fingerprint density at radius 1 is 1.29 bits per heavy atom. The van der Waals surface area contributed by atoms with Crippen molar-refractivity contribution in [2.75, 3.05) is 13.2 Å². The van der Waals surface area contributed by atoms with E-state index >= 15 is 0 Å². The van der Waals surface area contributed by atoms with E-state index in [1.54, 1.807) is 12.2 Å². The van der Waals surface area contributed by atoms with E-state index < -0.39 is 11.8 Å². The molecular weight excluding hydrogens is 268 g/mol. The molecule has 4 rings (SSSR count). The van der Waals surface area contributed by atoms with E-state index in [-0.39, 0.29) is 0 Å². The maximum absolute atomic E-state index is 11.1. The average Bonchev–Trinajstić information content (AvgIpc) is 2.94. The van der Waals surface area contributed by atoms with Crippen LogP contribution in [-0.2, 0) is 14.3 Å². The molecule has 1 heterocycles. The van der Waals surface area contributed by atoms with E-state index in [9.17, 15) is 4.79 Å². The molecule has 0 amide bonds. The first-order valence-corrected chi connectivity index (χ1v) is 7.49. The van der Waals surface area contributed by atoms with Crippen LogP contribution in [0, 0.1) is 11.8 Å². The first-order valence-electron chi connectivity index (χ1n) is 7.49. The van der Waals surface area contributed by atoms with Crippen LogP contribution in [0.25, 0.3) is 0 Å². The van der Waals surface area contributed by atoms with Gasteiger partial charge in [0.25, 0.3) is 0 Å². The number of allylic oxidation sites excluding steroid dienone is 5. The summed E-state index contributed by atoms with van der Waals surface area (Å²) in [7, 11) is 0. The van der Waals surface area contributed by atoms with Crippen molar-refractivity contribution in [2.45, 2.75) is 25.0 Å². The maximum Gasteiger partial charge on any atom is 0.335 e. The molecule has 0 aromatic rings. The second kappa shape index (κ2) is 4.68. The molecule has 1 saturated heterocycles. The number of rotatable bonds is 1. The number of carboxylic acids is 1. The largest absolute Gasteiger partial charge is 0.478 e. The molecule has 0 radical (unpaired) electrons. The Labute approximate surface area is 123 Å². The number of aliphatic carboxylic acids is 1. The average molecular weight is 286 g/mol. The maximum atomic E-state index is 11.1. The van der Waals surface area contributed by atoms with Gasteiger partial charge in [-0.3, -0.25) is 0 Å². The first kappa shape index (κ1) is 13.0. The lowest BCUT2D eigenvalue weighted by molar-refractivity contribution is -0.172. The minimum absolute atomic E-state index is 0.298. The number of hydrogen-bond acceptors (Lipinski definition) is 3. The molecule has 0 bridgehead atoms. The Kier molecular flexibility index (Phi) is 2.91. The van der Waals surface area contributed by atoms with E-state index in [2.05, 4.69) is 12.2 Å². The molecule has 2 atom stereocenters. The Morgan fingerprint density at radius 3 is 2.86 bits per heavy atom. The van der Waals surface area contributed by atoms with E-state index in [1.807, 2.05) is 6.08 Å². The zero-order valence-electron chi connectivity index (χ0n) is 11.7. The summed E-state index contributed by atoms with van der Waals surface area (Å²) in [5.41, 5.74) is 2.84. The van der Waals surface area contributed by atoms with Crippen molar-refractivity contribution in [1.29, 1.82) is 0 Å². The van der Waals surface area contributed by atoms with Crippen molar-refractivity contribution >= 4 is 5.97 Å². The molecule has 3 aliphatic carbocycles.